The maximum Gasteiger partial charge on any atom is 0.269 e. The first-order valence-corrected chi connectivity index (χ1v) is 7.17. The smallest absolute Gasteiger partial charge is 0.269 e. The van der Waals surface area contributed by atoms with Crippen LogP contribution in [0.4, 0.5) is 5.69 Å². The second-order valence-electron chi connectivity index (χ2n) is 5.46. The van der Waals surface area contributed by atoms with E-state index in [0.717, 1.165) is 23.2 Å². The molecule has 0 spiro atoms. The number of para-hydroxylation sites is 1. The number of nitrogen functional groups attached to an aromatic ring is 1. The van der Waals surface area contributed by atoms with Gasteiger partial charge in [-0.3, -0.25) is 4.79 Å². The van der Waals surface area contributed by atoms with E-state index in [4.69, 9.17) is 5.73 Å². The molecule has 0 aliphatic heterocycles. The monoisotopic (exact) mass is 269 g/mol. The second-order valence-corrected chi connectivity index (χ2v) is 5.46. The summed E-state index contributed by atoms with van der Waals surface area (Å²) in [6.07, 6.45) is 4.97. The molecular formula is C16H19N3O. The van der Waals surface area contributed by atoms with Crippen molar-refractivity contribution >= 4 is 22.5 Å². The van der Waals surface area contributed by atoms with Gasteiger partial charge in [0.1, 0.15) is 5.69 Å². The number of pyridine rings is 1. The fourth-order valence-corrected chi connectivity index (χ4v) is 2.41. The van der Waals surface area contributed by atoms with E-state index in [1.165, 1.54) is 19.3 Å². The van der Waals surface area contributed by atoms with Crippen LogP contribution in [0.5, 0.6) is 0 Å². The zero-order valence-electron chi connectivity index (χ0n) is 11.4. The van der Waals surface area contributed by atoms with Crippen molar-refractivity contribution in [2.45, 2.75) is 25.7 Å². The Hall–Kier alpha value is -2.10. The Kier molecular flexibility index (Phi) is 3.54. The first kappa shape index (κ1) is 12.9. The number of carbonyl (C=O) groups is 1. The highest BCUT2D eigenvalue weighted by Crippen LogP contribution is 2.33. The van der Waals surface area contributed by atoms with E-state index in [1.807, 2.05) is 24.3 Å². The van der Waals surface area contributed by atoms with Crippen molar-refractivity contribution in [3.8, 4) is 0 Å². The molecule has 0 bridgehead atoms. The lowest BCUT2D eigenvalue weighted by atomic mass is 10.1. The van der Waals surface area contributed by atoms with E-state index in [1.54, 1.807) is 6.07 Å². The number of hydrogen-bond donors (Lipinski definition) is 2. The zero-order valence-corrected chi connectivity index (χ0v) is 11.4. The van der Waals surface area contributed by atoms with Crippen LogP contribution in [0.15, 0.2) is 30.3 Å². The molecule has 0 radical (unpaired) electrons. The quantitative estimate of drug-likeness (QED) is 0.820. The maximum atomic E-state index is 12.1. The number of benzene rings is 1. The van der Waals surface area contributed by atoms with Gasteiger partial charge in [0.15, 0.2) is 0 Å². The van der Waals surface area contributed by atoms with Crippen LogP contribution in [0.2, 0.25) is 0 Å². The van der Waals surface area contributed by atoms with E-state index in [0.29, 0.717) is 17.9 Å². The Labute approximate surface area is 118 Å². The topological polar surface area (TPSA) is 68.0 Å². The van der Waals surface area contributed by atoms with Gasteiger partial charge in [0.25, 0.3) is 5.91 Å². The molecule has 0 unspecified atom stereocenters. The fraction of sp³-hybridized carbons (Fsp3) is 0.375. The van der Waals surface area contributed by atoms with Gasteiger partial charge in [-0.2, -0.15) is 0 Å². The Bertz CT molecular complexity index is 635. The molecule has 0 atom stereocenters. The number of anilines is 1. The van der Waals surface area contributed by atoms with Crippen molar-refractivity contribution in [3.63, 3.8) is 0 Å². The molecule has 4 heteroatoms. The molecule has 104 valence electrons. The number of carbonyl (C=O) groups excluding carboxylic acids is 1. The summed E-state index contributed by atoms with van der Waals surface area (Å²) in [6, 6.07) is 9.24. The summed E-state index contributed by atoms with van der Waals surface area (Å²) in [4.78, 5) is 16.4. The predicted molar refractivity (Wildman–Crippen MR) is 80.4 cm³/mol. The molecule has 1 aliphatic rings. The van der Waals surface area contributed by atoms with Gasteiger partial charge in [-0.1, -0.05) is 31.0 Å². The Balaban J connectivity index is 1.67. The molecule has 1 aliphatic carbocycles. The van der Waals surface area contributed by atoms with E-state index >= 15 is 0 Å². The maximum absolute atomic E-state index is 12.1. The summed E-state index contributed by atoms with van der Waals surface area (Å²) in [5.74, 6) is 0.764. The number of fused-ring (bicyclic) bond motifs is 1. The summed E-state index contributed by atoms with van der Waals surface area (Å²) in [7, 11) is 0. The highest BCUT2D eigenvalue weighted by atomic mass is 16.1. The van der Waals surface area contributed by atoms with Gasteiger partial charge in [-0.15, -0.1) is 0 Å². The van der Waals surface area contributed by atoms with Crippen LogP contribution in [0.3, 0.4) is 0 Å². The molecule has 0 saturated heterocycles. The number of rotatable bonds is 5. The molecule has 2 aromatic rings. The van der Waals surface area contributed by atoms with Crippen LogP contribution < -0.4 is 11.1 Å². The number of hydrogen-bond acceptors (Lipinski definition) is 3. The highest BCUT2D eigenvalue weighted by Gasteiger charge is 2.20. The molecule has 4 nitrogen and oxygen atoms in total. The molecule has 3 N–H and O–H groups in total. The van der Waals surface area contributed by atoms with Gasteiger partial charge in [0.05, 0.1) is 5.52 Å². The lowest BCUT2D eigenvalue weighted by molar-refractivity contribution is 0.0948. The van der Waals surface area contributed by atoms with Crippen LogP contribution in [0.25, 0.3) is 10.9 Å². The molecule has 1 saturated carbocycles. The largest absolute Gasteiger partial charge is 0.398 e. The van der Waals surface area contributed by atoms with E-state index < -0.39 is 0 Å². The van der Waals surface area contributed by atoms with Gasteiger partial charge in [0, 0.05) is 17.6 Å². The van der Waals surface area contributed by atoms with Gasteiger partial charge in [-0.05, 0) is 30.9 Å². The van der Waals surface area contributed by atoms with Crippen LogP contribution in [0, 0.1) is 5.92 Å². The van der Waals surface area contributed by atoms with Crippen molar-refractivity contribution in [2.24, 2.45) is 5.92 Å². The lowest BCUT2D eigenvalue weighted by Crippen LogP contribution is -2.25. The summed E-state index contributed by atoms with van der Waals surface area (Å²) in [5, 5.41) is 3.80. The zero-order chi connectivity index (χ0) is 13.9. The molecule has 20 heavy (non-hydrogen) atoms. The van der Waals surface area contributed by atoms with Crippen molar-refractivity contribution in [2.75, 3.05) is 12.3 Å². The minimum absolute atomic E-state index is 0.141. The number of nitrogens with zero attached hydrogens (tertiary/aromatic N) is 1. The number of nitrogens with two attached hydrogens (primary N) is 1. The molecule has 1 aromatic heterocycles. The molecule has 1 amide bonds. The molecule has 1 heterocycles. The van der Waals surface area contributed by atoms with Crippen molar-refractivity contribution in [1.29, 1.82) is 0 Å². The van der Waals surface area contributed by atoms with Crippen LogP contribution in [-0.2, 0) is 0 Å². The summed E-state index contributed by atoms with van der Waals surface area (Å²) in [6.45, 7) is 0.712. The third-order valence-corrected chi connectivity index (χ3v) is 3.75. The van der Waals surface area contributed by atoms with Gasteiger partial charge >= 0.3 is 0 Å². The Morgan fingerprint density at radius 1 is 1.35 bits per heavy atom. The molecule has 1 fully saturated rings. The first-order chi connectivity index (χ1) is 9.74. The minimum atomic E-state index is -0.141. The summed E-state index contributed by atoms with van der Waals surface area (Å²) in [5.41, 5.74) is 7.73. The molecule has 1 aromatic carbocycles. The normalized spacial score (nSPS) is 14.4. The number of aromatic nitrogens is 1. The van der Waals surface area contributed by atoms with E-state index in [-0.39, 0.29) is 5.91 Å². The van der Waals surface area contributed by atoms with E-state index in [2.05, 4.69) is 10.3 Å². The van der Waals surface area contributed by atoms with E-state index in [9.17, 15) is 4.79 Å². The highest BCUT2D eigenvalue weighted by molar-refractivity contribution is 5.99. The second kappa shape index (κ2) is 5.49. The Morgan fingerprint density at radius 2 is 2.15 bits per heavy atom. The average molecular weight is 269 g/mol. The number of amides is 1. The van der Waals surface area contributed by atoms with Crippen LogP contribution in [-0.4, -0.2) is 17.4 Å². The lowest BCUT2D eigenvalue weighted by Gasteiger charge is -2.07. The summed E-state index contributed by atoms with van der Waals surface area (Å²) < 4.78 is 0. The minimum Gasteiger partial charge on any atom is -0.398 e. The van der Waals surface area contributed by atoms with Crippen molar-refractivity contribution in [3.05, 3.63) is 36.0 Å². The number of nitrogens with one attached hydrogen (secondary N) is 1. The van der Waals surface area contributed by atoms with Gasteiger partial charge in [-0.25, -0.2) is 4.98 Å². The third-order valence-electron chi connectivity index (χ3n) is 3.75. The summed E-state index contributed by atoms with van der Waals surface area (Å²) >= 11 is 0. The van der Waals surface area contributed by atoms with Crippen molar-refractivity contribution < 1.29 is 4.79 Å². The third kappa shape index (κ3) is 2.90. The van der Waals surface area contributed by atoms with Gasteiger partial charge < -0.3 is 11.1 Å². The Morgan fingerprint density at radius 3 is 2.95 bits per heavy atom. The SMILES string of the molecule is Nc1cc(C(=O)NCCCC2CC2)nc2ccccc12. The van der Waals surface area contributed by atoms with Gasteiger partial charge in [0.2, 0.25) is 0 Å². The molecular weight excluding hydrogens is 250 g/mol. The van der Waals surface area contributed by atoms with Crippen LogP contribution >= 0.6 is 0 Å². The van der Waals surface area contributed by atoms with Crippen LogP contribution in [0.1, 0.15) is 36.2 Å². The first-order valence-electron chi connectivity index (χ1n) is 7.17. The van der Waals surface area contributed by atoms with Crippen molar-refractivity contribution in [1.82, 2.24) is 10.3 Å². The standard InChI is InChI=1S/C16H19N3O/c17-13-10-15(19-14-6-2-1-5-12(13)14)16(20)18-9-3-4-11-7-8-11/h1-2,5-6,10-11H,3-4,7-9H2,(H2,17,19)(H,18,20). The fourth-order valence-electron chi connectivity index (χ4n) is 2.41. The predicted octanol–water partition coefficient (Wildman–Crippen LogP) is 2.74. The average Bonchev–Trinajstić information content (AvgIpc) is 3.27. The molecule has 3 rings (SSSR count).